The molecule has 0 spiro atoms. The molecule has 7 aromatic rings. The van der Waals surface area contributed by atoms with Gasteiger partial charge < -0.3 is 0 Å². The lowest BCUT2D eigenvalue weighted by molar-refractivity contribution is 0.781. The summed E-state index contributed by atoms with van der Waals surface area (Å²) in [5.74, 6) is 0. The summed E-state index contributed by atoms with van der Waals surface area (Å²) < 4.78 is 1.17. The Hall–Kier alpha value is -5.01. The highest BCUT2D eigenvalue weighted by molar-refractivity contribution is 7.21. The Kier molecular flexibility index (Phi) is 5.34. The zero-order valence-corrected chi connectivity index (χ0v) is 22.2. The van der Waals surface area contributed by atoms with Crippen molar-refractivity contribution >= 4 is 49.0 Å². The molecule has 3 aromatic heterocycles. The first kappa shape index (κ1) is 22.9. The van der Waals surface area contributed by atoms with Gasteiger partial charge >= 0.3 is 0 Å². The molecule has 1 atom stereocenters. The smallest absolute Gasteiger partial charge is 0.124 e. The van der Waals surface area contributed by atoms with Crippen LogP contribution in [0.5, 0.6) is 0 Å². The van der Waals surface area contributed by atoms with Gasteiger partial charge in [0.1, 0.15) is 11.0 Å². The predicted molar refractivity (Wildman–Crippen MR) is 162 cm³/mol. The first-order chi connectivity index (χ1) is 19.8. The molecule has 1 unspecified atom stereocenters. The van der Waals surface area contributed by atoms with Crippen LogP contribution in [-0.2, 0) is 0 Å². The summed E-state index contributed by atoms with van der Waals surface area (Å²) in [6, 6.07) is 35.5. The molecule has 4 aromatic carbocycles. The Balaban J connectivity index is 1.32. The highest BCUT2D eigenvalue weighted by atomic mass is 32.1. The summed E-state index contributed by atoms with van der Waals surface area (Å²) in [6.07, 6.45) is 3.66. The Morgan fingerprint density at radius 2 is 1.52 bits per heavy atom. The van der Waals surface area contributed by atoms with Crippen molar-refractivity contribution < 1.29 is 0 Å². The Morgan fingerprint density at radius 1 is 0.725 bits per heavy atom. The molecule has 40 heavy (non-hydrogen) atoms. The van der Waals surface area contributed by atoms with E-state index in [0.717, 1.165) is 60.3 Å². The number of pyridine rings is 2. The number of rotatable bonds is 4. The maximum Gasteiger partial charge on any atom is 0.124 e. The average molecular weight is 535 g/mol. The van der Waals surface area contributed by atoms with Crippen molar-refractivity contribution in [3.63, 3.8) is 0 Å². The molecule has 0 N–H and O–H groups in total. The fourth-order valence-corrected chi connectivity index (χ4v) is 6.38. The number of benzene rings is 4. The normalized spacial score (nSPS) is 15.0. The van der Waals surface area contributed by atoms with Gasteiger partial charge in [-0.2, -0.15) is 5.11 Å². The second-order valence-electron chi connectivity index (χ2n) is 9.87. The summed E-state index contributed by atoms with van der Waals surface area (Å²) in [6.45, 7) is 0.677. The van der Waals surface area contributed by atoms with Gasteiger partial charge in [-0.25, -0.2) is 9.99 Å². The van der Waals surface area contributed by atoms with E-state index in [9.17, 15) is 0 Å². The highest BCUT2D eigenvalue weighted by Crippen LogP contribution is 2.40. The van der Waals surface area contributed by atoms with Crippen LogP contribution >= 0.6 is 11.3 Å². The third-order valence-electron chi connectivity index (χ3n) is 7.35. The van der Waals surface area contributed by atoms with Crippen LogP contribution in [0.1, 0.15) is 11.6 Å². The van der Waals surface area contributed by atoms with Gasteiger partial charge in [-0.05, 0) is 77.4 Å². The summed E-state index contributed by atoms with van der Waals surface area (Å²) in [4.78, 5) is 14.4. The Labute approximate surface area is 234 Å². The molecule has 190 valence electrons. The van der Waals surface area contributed by atoms with Gasteiger partial charge in [0.25, 0.3) is 0 Å². The van der Waals surface area contributed by atoms with Gasteiger partial charge in [-0.15, -0.1) is 11.3 Å². The minimum absolute atomic E-state index is 0.0974. The molecule has 0 radical (unpaired) electrons. The van der Waals surface area contributed by atoms with E-state index in [2.05, 4.69) is 76.9 Å². The van der Waals surface area contributed by atoms with E-state index in [4.69, 9.17) is 15.1 Å². The van der Waals surface area contributed by atoms with Crippen LogP contribution < -0.4 is 5.01 Å². The van der Waals surface area contributed by atoms with Crippen LogP contribution in [-0.4, -0.2) is 21.5 Å². The van der Waals surface area contributed by atoms with Crippen LogP contribution in [0.4, 0.5) is 5.69 Å². The molecule has 0 saturated carbocycles. The number of anilines is 1. The molecule has 7 heteroatoms. The fourth-order valence-electron chi connectivity index (χ4n) is 5.42. The summed E-state index contributed by atoms with van der Waals surface area (Å²) in [7, 11) is 0. The number of nitrogens with zero attached hydrogens (tertiary/aromatic N) is 6. The molecule has 0 bridgehead atoms. The van der Waals surface area contributed by atoms with E-state index < -0.39 is 0 Å². The third-order valence-corrected chi connectivity index (χ3v) is 8.44. The van der Waals surface area contributed by atoms with Crippen LogP contribution in [0, 0.1) is 0 Å². The highest BCUT2D eigenvalue weighted by Gasteiger charge is 2.24. The SMILES string of the molecule is c1ccc(N2CC(c3cc(-c4nc5ccccc5s4)cc(-c4cc5cccnc5c5ncccc45)c3)N=N2)cc1. The van der Waals surface area contributed by atoms with Gasteiger partial charge in [-0.3, -0.25) is 9.97 Å². The van der Waals surface area contributed by atoms with Crippen LogP contribution in [0.2, 0.25) is 0 Å². The Morgan fingerprint density at radius 3 is 2.42 bits per heavy atom. The van der Waals surface area contributed by atoms with Gasteiger partial charge in [0.2, 0.25) is 0 Å². The van der Waals surface area contributed by atoms with Crippen molar-refractivity contribution in [3.8, 4) is 21.7 Å². The molecule has 0 saturated heterocycles. The van der Waals surface area contributed by atoms with Crippen molar-refractivity contribution in [1.82, 2.24) is 15.0 Å². The van der Waals surface area contributed by atoms with E-state index in [0.29, 0.717) is 6.54 Å². The lowest BCUT2D eigenvalue weighted by Gasteiger charge is -2.16. The second-order valence-corrected chi connectivity index (χ2v) is 10.9. The minimum atomic E-state index is -0.0974. The van der Waals surface area contributed by atoms with E-state index in [1.54, 1.807) is 11.3 Å². The molecule has 0 fully saturated rings. The molecule has 8 rings (SSSR count). The average Bonchev–Trinajstić information content (AvgIpc) is 3.69. The molecule has 6 nitrogen and oxygen atoms in total. The van der Waals surface area contributed by atoms with E-state index in [1.807, 2.05) is 53.8 Å². The van der Waals surface area contributed by atoms with Crippen molar-refractivity contribution in [3.05, 3.63) is 121 Å². The van der Waals surface area contributed by atoms with Gasteiger partial charge in [-0.1, -0.05) is 47.7 Å². The quantitative estimate of drug-likeness (QED) is 0.212. The van der Waals surface area contributed by atoms with Crippen molar-refractivity contribution in [1.29, 1.82) is 0 Å². The molecule has 0 amide bonds. The second kappa shape index (κ2) is 9.32. The topological polar surface area (TPSA) is 66.6 Å². The predicted octanol–water partition coefficient (Wildman–Crippen LogP) is 8.66. The molecular weight excluding hydrogens is 512 g/mol. The van der Waals surface area contributed by atoms with Gasteiger partial charge in [0.15, 0.2) is 0 Å². The van der Waals surface area contributed by atoms with E-state index >= 15 is 0 Å². The maximum atomic E-state index is 4.99. The number of hydrogen-bond acceptors (Lipinski definition) is 7. The third kappa shape index (κ3) is 3.90. The van der Waals surface area contributed by atoms with Crippen LogP contribution in [0.15, 0.2) is 126 Å². The zero-order valence-electron chi connectivity index (χ0n) is 21.3. The number of thiazole rings is 1. The summed E-state index contributed by atoms with van der Waals surface area (Å²) in [5, 5.41) is 14.3. The lowest BCUT2D eigenvalue weighted by atomic mass is 9.93. The largest absolute Gasteiger partial charge is 0.254 e. The van der Waals surface area contributed by atoms with E-state index in [-0.39, 0.29) is 6.04 Å². The number of para-hydroxylation sites is 2. The fraction of sp³-hybridized carbons (Fsp3) is 0.0606. The Bertz CT molecular complexity index is 2030. The number of hydrogen-bond donors (Lipinski definition) is 0. The molecular formula is C33H22N6S. The van der Waals surface area contributed by atoms with E-state index in [1.165, 1.54) is 4.70 Å². The molecule has 0 aliphatic carbocycles. The number of fused-ring (bicyclic) bond motifs is 4. The van der Waals surface area contributed by atoms with Gasteiger partial charge in [0, 0.05) is 28.7 Å². The molecule has 1 aliphatic heterocycles. The lowest BCUT2D eigenvalue weighted by Crippen LogP contribution is -2.16. The van der Waals surface area contributed by atoms with Crippen LogP contribution in [0.3, 0.4) is 0 Å². The van der Waals surface area contributed by atoms with Crippen molar-refractivity contribution in [2.75, 3.05) is 11.6 Å². The summed E-state index contributed by atoms with van der Waals surface area (Å²) in [5.41, 5.74) is 8.26. The monoisotopic (exact) mass is 534 g/mol. The van der Waals surface area contributed by atoms with Crippen molar-refractivity contribution in [2.45, 2.75) is 6.04 Å². The van der Waals surface area contributed by atoms with Crippen LogP contribution in [0.25, 0.3) is 53.7 Å². The first-order valence-corrected chi connectivity index (χ1v) is 14.0. The first-order valence-electron chi connectivity index (χ1n) is 13.2. The maximum absolute atomic E-state index is 4.99. The molecule has 1 aliphatic rings. The van der Waals surface area contributed by atoms with Crippen molar-refractivity contribution in [2.24, 2.45) is 10.3 Å². The van der Waals surface area contributed by atoms with Gasteiger partial charge in [0.05, 0.1) is 33.5 Å². The molecule has 4 heterocycles. The standard InChI is InChI=1S/C33H22N6S/c1-2-9-25(10-3-1)39-20-29(37-38-39)23-16-22(17-24(18-23)33-36-28-12-4-5-13-30(28)40-33)27-19-21-8-6-14-34-31(21)32-26(27)11-7-15-35-32/h1-19,29H,20H2. The summed E-state index contributed by atoms with van der Waals surface area (Å²) >= 11 is 1.71. The minimum Gasteiger partial charge on any atom is -0.254 e. The zero-order chi connectivity index (χ0) is 26.5. The number of aromatic nitrogens is 3.